The van der Waals surface area contributed by atoms with Gasteiger partial charge in [0.05, 0.1) is 18.6 Å². The van der Waals surface area contributed by atoms with Crippen LogP contribution in [0.5, 0.6) is 5.75 Å². The van der Waals surface area contributed by atoms with Gasteiger partial charge in [-0.25, -0.2) is 5.43 Å². The molecule has 1 aromatic heterocycles. The molecular weight excluding hydrogens is 470 g/mol. The van der Waals surface area contributed by atoms with Gasteiger partial charge < -0.3 is 4.74 Å². The number of methoxy groups -OCH3 is 1. The molecule has 0 saturated carbocycles. The molecular formula is C25H22ClN5O2S. The largest absolute Gasteiger partial charge is 0.497 e. The third-order valence-electron chi connectivity index (χ3n) is 4.94. The quantitative estimate of drug-likeness (QED) is 0.207. The monoisotopic (exact) mass is 491 g/mol. The summed E-state index contributed by atoms with van der Waals surface area (Å²) in [6.07, 6.45) is 0. The molecule has 0 radical (unpaired) electrons. The summed E-state index contributed by atoms with van der Waals surface area (Å²) in [6, 6.07) is 24.7. The van der Waals surface area contributed by atoms with Crippen LogP contribution in [0.2, 0.25) is 5.02 Å². The topological polar surface area (TPSA) is 81.4 Å². The van der Waals surface area contributed by atoms with Crippen LogP contribution >= 0.6 is 23.4 Å². The van der Waals surface area contributed by atoms with Crippen molar-refractivity contribution < 1.29 is 9.53 Å². The van der Waals surface area contributed by atoms with Crippen molar-refractivity contribution >= 4 is 35.0 Å². The van der Waals surface area contributed by atoms with E-state index in [0.29, 0.717) is 21.7 Å². The molecule has 34 heavy (non-hydrogen) atoms. The van der Waals surface area contributed by atoms with Crippen LogP contribution in [0.1, 0.15) is 12.5 Å². The van der Waals surface area contributed by atoms with E-state index in [4.69, 9.17) is 16.3 Å². The van der Waals surface area contributed by atoms with Crippen molar-refractivity contribution in [3.63, 3.8) is 0 Å². The maximum atomic E-state index is 12.5. The van der Waals surface area contributed by atoms with E-state index in [-0.39, 0.29) is 11.7 Å². The van der Waals surface area contributed by atoms with Crippen molar-refractivity contribution in [3.05, 3.63) is 89.4 Å². The number of carbonyl (C=O) groups is 1. The molecule has 0 bridgehead atoms. The van der Waals surface area contributed by atoms with Gasteiger partial charge in [-0.05, 0) is 48.9 Å². The minimum Gasteiger partial charge on any atom is -0.497 e. The van der Waals surface area contributed by atoms with Crippen molar-refractivity contribution in [1.82, 2.24) is 20.2 Å². The summed E-state index contributed by atoms with van der Waals surface area (Å²) < 4.78 is 7.20. The number of aromatic nitrogens is 3. The van der Waals surface area contributed by atoms with Crippen molar-refractivity contribution in [2.75, 3.05) is 12.9 Å². The van der Waals surface area contributed by atoms with Crippen molar-refractivity contribution in [3.8, 4) is 22.8 Å². The first-order valence-electron chi connectivity index (χ1n) is 10.4. The van der Waals surface area contributed by atoms with E-state index >= 15 is 0 Å². The number of thioether (sulfide) groups is 1. The molecule has 4 aromatic rings. The smallest absolute Gasteiger partial charge is 0.250 e. The van der Waals surface area contributed by atoms with E-state index in [2.05, 4.69) is 20.7 Å². The zero-order chi connectivity index (χ0) is 23.9. The van der Waals surface area contributed by atoms with Crippen LogP contribution in [-0.4, -0.2) is 39.2 Å². The highest BCUT2D eigenvalue weighted by molar-refractivity contribution is 7.99. The zero-order valence-corrected chi connectivity index (χ0v) is 20.2. The Morgan fingerprint density at radius 3 is 2.41 bits per heavy atom. The predicted octanol–water partition coefficient (Wildman–Crippen LogP) is 5.23. The number of benzene rings is 3. The lowest BCUT2D eigenvalue weighted by atomic mass is 10.1. The van der Waals surface area contributed by atoms with Gasteiger partial charge in [0.15, 0.2) is 11.0 Å². The fourth-order valence-electron chi connectivity index (χ4n) is 3.17. The van der Waals surface area contributed by atoms with Gasteiger partial charge in [-0.3, -0.25) is 9.36 Å². The summed E-state index contributed by atoms with van der Waals surface area (Å²) in [7, 11) is 1.63. The Bertz CT molecular complexity index is 1290. The molecule has 1 amide bonds. The summed E-state index contributed by atoms with van der Waals surface area (Å²) in [5.74, 6) is 1.32. The molecule has 0 aliphatic carbocycles. The van der Waals surface area contributed by atoms with Gasteiger partial charge in [0, 0.05) is 16.3 Å². The van der Waals surface area contributed by atoms with Crippen LogP contribution in [0.4, 0.5) is 0 Å². The number of rotatable bonds is 8. The maximum absolute atomic E-state index is 12.5. The number of nitrogens with one attached hydrogen (secondary N) is 1. The molecule has 1 heterocycles. The second-order valence-corrected chi connectivity index (χ2v) is 8.61. The van der Waals surface area contributed by atoms with E-state index in [1.54, 1.807) is 19.2 Å². The van der Waals surface area contributed by atoms with Crippen LogP contribution in [0.3, 0.4) is 0 Å². The Morgan fingerprint density at radius 1 is 1.03 bits per heavy atom. The lowest BCUT2D eigenvalue weighted by molar-refractivity contribution is -0.118. The van der Waals surface area contributed by atoms with Gasteiger partial charge in [0.1, 0.15) is 5.75 Å². The molecule has 0 unspecified atom stereocenters. The number of hydrazone groups is 1. The van der Waals surface area contributed by atoms with E-state index in [9.17, 15) is 4.79 Å². The van der Waals surface area contributed by atoms with Crippen molar-refractivity contribution in [2.45, 2.75) is 12.1 Å². The van der Waals surface area contributed by atoms with Gasteiger partial charge in [0.2, 0.25) is 0 Å². The molecule has 3 aromatic carbocycles. The lowest BCUT2D eigenvalue weighted by Gasteiger charge is -2.11. The predicted molar refractivity (Wildman–Crippen MR) is 136 cm³/mol. The van der Waals surface area contributed by atoms with Crippen LogP contribution < -0.4 is 10.2 Å². The Balaban J connectivity index is 1.52. The Hall–Kier alpha value is -3.62. The number of nitrogens with zero attached hydrogens (tertiary/aromatic N) is 4. The first-order valence-corrected chi connectivity index (χ1v) is 11.8. The molecule has 0 aliphatic rings. The maximum Gasteiger partial charge on any atom is 0.250 e. The Morgan fingerprint density at radius 2 is 1.74 bits per heavy atom. The molecule has 9 heteroatoms. The van der Waals surface area contributed by atoms with Crippen LogP contribution in [0, 0.1) is 0 Å². The number of ether oxygens (including phenoxy) is 1. The normalized spacial score (nSPS) is 11.3. The van der Waals surface area contributed by atoms with Gasteiger partial charge in [-0.2, -0.15) is 5.10 Å². The Labute approximate surface area is 206 Å². The summed E-state index contributed by atoms with van der Waals surface area (Å²) in [6.45, 7) is 1.82. The zero-order valence-electron chi connectivity index (χ0n) is 18.6. The third kappa shape index (κ3) is 5.65. The number of hydrogen-bond donors (Lipinski definition) is 1. The number of carbonyl (C=O) groups excluding carboxylic acids is 1. The van der Waals surface area contributed by atoms with Crippen molar-refractivity contribution in [2.24, 2.45) is 5.10 Å². The first-order chi connectivity index (χ1) is 16.5. The minimum atomic E-state index is -0.246. The standard InChI is InChI=1S/C25H22ClN5O2S/c1-17(18-8-10-20(26)11-9-18)27-28-23(32)16-34-25-30-29-24(19-6-4-3-5-7-19)31(25)21-12-14-22(33-2)15-13-21/h3-15H,16H2,1-2H3,(H,28,32)/b27-17+. The summed E-state index contributed by atoms with van der Waals surface area (Å²) in [5.41, 5.74) is 5.95. The van der Waals surface area contributed by atoms with E-state index < -0.39 is 0 Å². The third-order valence-corrected chi connectivity index (χ3v) is 6.12. The summed E-state index contributed by atoms with van der Waals surface area (Å²) in [5, 5.41) is 14.2. The molecule has 0 fully saturated rings. The number of halogens is 1. The molecule has 0 saturated heterocycles. The van der Waals surface area contributed by atoms with Crippen molar-refractivity contribution in [1.29, 1.82) is 0 Å². The lowest BCUT2D eigenvalue weighted by Crippen LogP contribution is -2.21. The molecule has 0 aliphatic heterocycles. The summed E-state index contributed by atoms with van der Waals surface area (Å²) in [4.78, 5) is 12.5. The van der Waals surface area contributed by atoms with Gasteiger partial charge in [-0.1, -0.05) is 65.8 Å². The molecule has 172 valence electrons. The molecule has 7 nitrogen and oxygen atoms in total. The fraction of sp³-hybridized carbons (Fsp3) is 0.120. The molecule has 0 spiro atoms. The van der Waals surface area contributed by atoms with Gasteiger partial charge in [-0.15, -0.1) is 10.2 Å². The van der Waals surface area contributed by atoms with Crippen LogP contribution in [0.25, 0.3) is 17.1 Å². The molecule has 0 atom stereocenters. The highest BCUT2D eigenvalue weighted by atomic mass is 35.5. The van der Waals surface area contributed by atoms with E-state index in [1.165, 1.54) is 11.8 Å². The summed E-state index contributed by atoms with van der Waals surface area (Å²) >= 11 is 7.21. The van der Waals surface area contributed by atoms with E-state index in [1.807, 2.05) is 78.2 Å². The van der Waals surface area contributed by atoms with Gasteiger partial charge >= 0.3 is 0 Å². The minimum absolute atomic E-state index is 0.125. The second-order valence-electron chi connectivity index (χ2n) is 7.23. The highest BCUT2D eigenvalue weighted by Gasteiger charge is 2.17. The average Bonchev–Trinajstić information content (AvgIpc) is 3.31. The average molecular weight is 492 g/mol. The first kappa shape index (κ1) is 23.5. The highest BCUT2D eigenvalue weighted by Crippen LogP contribution is 2.28. The van der Waals surface area contributed by atoms with Crippen LogP contribution in [-0.2, 0) is 4.79 Å². The molecule has 1 N–H and O–H groups in total. The van der Waals surface area contributed by atoms with Crippen LogP contribution in [0.15, 0.2) is 89.1 Å². The number of amides is 1. The second kappa shape index (κ2) is 11.0. The molecule has 4 rings (SSSR count). The fourth-order valence-corrected chi connectivity index (χ4v) is 4.04. The number of hydrogen-bond acceptors (Lipinski definition) is 6. The SMILES string of the molecule is COc1ccc(-n2c(SCC(=O)N/N=C(\C)c3ccc(Cl)cc3)nnc2-c2ccccc2)cc1. The van der Waals surface area contributed by atoms with E-state index in [0.717, 1.165) is 22.6 Å². The Kier molecular flexibility index (Phi) is 7.61. The van der Waals surface area contributed by atoms with Gasteiger partial charge in [0.25, 0.3) is 5.91 Å².